The molecule has 4 heterocycles. The zero-order valence-electron chi connectivity index (χ0n) is 18.8. The van der Waals surface area contributed by atoms with Crippen molar-refractivity contribution in [2.45, 2.75) is 13.3 Å². The summed E-state index contributed by atoms with van der Waals surface area (Å²) in [7, 11) is 0. The summed E-state index contributed by atoms with van der Waals surface area (Å²) in [5, 5.41) is 5.47. The van der Waals surface area contributed by atoms with Gasteiger partial charge in [0.25, 0.3) is 5.91 Å². The highest BCUT2D eigenvalue weighted by Gasteiger charge is 2.24. The number of aromatic amines is 1. The molecular weight excluding hydrogens is 454 g/mol. The van der Waals surface area contributed by atoms with Crippen molar-refractivity contribution < 1.29 is 9.53 Å². The number of hydrogen-bond acceptors (Lipinski definition) is 9. The quantitative estimate of drug-likeness (QED) is 0.375. The van der Waals surface area contributed by atoms with Gasteiger partial charge in [-0.05, 0) is 31.7 Å². The minimum atomic E-state index is -0.400. The molecule has 1 aliphatic heterocycles. The molecule has 0 unspecified atom stereocenters. The molecule has 1 amide bonds. The molecule has 1 fully saturated rings. The summed E-state index contributed by atoms with van der Waals surface area (Å²) < 4.78 is 5.51. The summed E-state index contributed by atoms with van der Waals surface area (Å²) in [5.74, 6) is 0.942. The van der Waals surface area contributed by atoms with Crippen LogP contribution in [0, 0.1) is 0 Å². The Morgan fingerprint density at radius 3 is 2.91 bits per heavy atom. The van der Waals surface area contributed by atoms with Crippen molar-refractivity contribution in [3.8, 4) is 0 Å². The number of rotatable bonds is 8. The van der Waals surface area contributed by atoms with Crippen LogP contribution in [0.25, 0.3) is 15.9 Å². The Morgan fingerprint density at radius 1 is 1.38 bits per heavy atom. The van der Waals surface area contributed by atoms with E-state index < -0.39 is 5.69 Å². The van der Waals surface area contributed by atoms with Crippen LogP contribution in [0.5, 0.6) is 0 Å². The molecule has 4 rings (SSSR count). The van der Waals surface area contributed by atoms with Crippen molar-refractivity contribution in [3.63, 3.8) is 0 Å². The number of morpholine rings is 1. The average molecular weight is 480 g/mol. The van der Waals surface area contributed by atoms with E-state index in [9.17, 15) is 9.59 Å². The van der Waals surface area contributed by atoms with E-state index in [1.807, 2.05) is 25.2 Å². The lowest BCUT2D eigenvalue weighted by Crippen LogP contribution is -2.37. The lowest BCUT2D eigenvalue weighted by Gasteiger charge is -2.28. The average Bonchev–Trinajstić information content (AvgIpc) is 3.30. The number of carbonyl (C=O) groups excluding carboxylic acids is 1. The van der Waals surface area contributed by atoms with Crippen molar-refractivity contribution in [3.05, 3.63) is 63.4 Å². The van der Waals surface area contributed by atoms with Gasteiger partial charge in [-0.15, -0.1) is 11.3 Å². The first-order valence-electron chi connectivity index (χ1n) is 10.8. The van der Waals surface area contributed by atoms with Gasteiger partial charge >= 0.3 is 5.69 Å². The number of aliphatic imine (C=N–C) groups is 1. The van der Waals surface area contributed by atoms with Gasteiger partial charge in [0.05, 0.1) is 24.2 Å². The van der Waals surface area contributed by atoms with Gasteiger partial charge in [-0.1, -0.05) is 12.2 Å². The Labute approximate surface area is 200 Å². The molecule has 3 aromatic rings. The Kier molecular flexibility index (Phi) is 7.55. The van der Waals surface area contributed by atoms with Crippen molar-refractivity contribution in [2.24, 2.45) is 4.99 Å². The third-order valence-corrected chi connectivity index (χ3v) is 6.12. The van der Waals surface area contributed by atoms with Gasteiger partial charge in [-0.3, -0.25) is 9.79 Å². The highest BCUT2D eigenvalue weighted by Crippen LogP contribution is 2.34. The van der Waals surface area contributed by atoms with E-state index in [1.165, 1.54) is 17.5 Å². The van der Waals surface area contributed by atoms with Crippen LogP contribution in [0.2, 0.25) is 0 Å². The lowest BCUT2D eigenvalue weighted by atomic mass is 10.2. The highest BCUT2D eigenvalue weighted by molar-refractivity contribution is 7.17. The van der Waals surface area contributed by atoms with E-state index in [2.05, 4.69) is 36.9 Å². The second-order valence-corrected chi connectivity index (χ2v) is 8.33. The molecule has 34 heavy (non-hydrogen) atoms. The van der Waals surface area contributed by atoms with Crippen molar-refractivity contribution in [1.82, 2.24) is 25.3 Å². The first kappa shape index (κ1) is 23.5. The molecule has 0 aliphatic carbocycles. The van der Waals surface area contributed by atoms with Crippen molar-refractivity contribution in [2.75, 3.05) is 37.7 Å². The maximum Gasteiger partial charge on any atom is 0.344 e. The number of H-pyrrole nitrogens is 1. The number of aromatic nitrogens is 4. The molecule has 3 aromatic heterocycles. The number of anilines is 1. The van der Waals surface area contributed by atoms with Crippen LogP contribution in [-0.4, -0.2) is 65.4 Å². The van der Waals surface area contributed by atoms with Gasteiger partial charge in [0.2, 0.25) is 0 Å². The molecule has 0 saturated carbocycles. The standard InChI is InChI=1S/C23H25N7O3S/c1-3-4-5-17(24-2)19-28-20(30-8-10-33-11-9-30)18-16(14-34-22(18)29-19)21(31)25-7-6-15-12-26-23(32)27-13-15/h3-5,12-14H,2,6-11H2,1H3,(H,25,31)(H,26,27,32)/b4-3-,17-5-. The molecule has 10 nitrogen and oxygen atoms in total. The Hall–Kier alpha value is -3.70. The van der Waals surface area contributed by atoms with E-state index in [-0.39, 0.29) is 5.91 Å². The van der Waals surface area contributed by atoms with Crippen LogP contribution in [0.15, 0.2) is 45.8 Å². The number of ether oxygens (including phenoxy) is 1. The summed E-state index contributed by atoms with van der Waals surface area (Å²) in [5.41, 5.74) is 1.51. The molecule has 176 valence electrons. The van der Waals surface area contributed by atoms with Gasteiger partial charge < -0.3 is 19.9 Å². The number of fused-ring (bicyclic) bond motifs is 1. The molecule has 0 aromatic carbocycles. The number of allylic oxidation sites excluding steroid dienone is 3. The Morgan fingerprint density at radius 2 is 2.21 bits per heavy atom. The van der Waals surface area contributed by atoms with Crippen molar-refractivity contribution in [1.29, 1.82) is 0 Å². The molecule has 11 heteroatoms. The SMILES string of the molecule is C=N/C(=C\C=C/C)c1nc(N2CCOCC2)c2c(C(=O)NCCc3cnc(=O)[nH]c3)csc2n1. The summed E-state index contributed by atoms with van der Waals surface area (Å²) in [6.07, 6.45) is 9.20. The summed E-state index contributed by atoms with van der Waals surface area (Å²) >= 11 is 1.39. The largest absolute Gasteiger partial charge is 0.378 e. The first-order chi connectivity index (χ1) is 16.6. The number of carbonyl (C=O) groups is 1. The van der Waals surface area contributed by atoms with Crippen LogP contribution in [-0.2, 0) is 11.2 Å². The lowest BCUT2D eigenvalue weighted by molar-refractivity contribution is 0.0956. The maximum atomic E-state index is 13.1. The van der Waals surface area contributed by atoms with Crippen LogP contribution >= 0.6 is 11.3 Å². The first-order valence-corrected chi connectivity index (χ1v) is 11.7. The minimum absolute atomic E-state index is 0.207. The summed E-state index contributed by atoms with van der Waals surface area (Å²) in [6.45, 7) is 8.46. The molecule has 2 N–H and O–H groups in total. The number of amides is 1. The fourth-order valence-electron chi connectivity index (χ4n) is 3.52. The minimum Gasteiger partial charge on any atom is -0.378 e. The predicted octanol–water partition coefficient (Wildman–Crippen LogP) is 2.20. The van der Waals surface area contributed by atoms with Gasteiger partial charge in [0.15, 0.2) is 5.82 Å². The molecule has 0 radical (unpaired) electrons. The fourth-order valence-corrected chi connectivity index (χ4v) is 4.43. The van der Waals surface area contributed by atoms with Gasteiger partial charge in [0, 0.05) is 37.4 Å². The van der Waals surface area contributed by atoms with E-state index in [1.54, 1.807) is 11.6 Å². The normalized spacial score (nSPS) is 14.6. The Bertz CT molecular complexity index is 1290. The molecule has 1 saturated heterocycles. The third-order valence-electron chi connectivity index (χ3n) is 5.24. The zero-order chi connectivity index (χ0) is 23.9. The number of hydrogen-bond donors (Lipinski definition) is 2. The fraction of sp³-hybridized carbons (Fsp3) is 0.304. The van der Waals surface area contributed by atoms with Gasteiger partial charge in [0.1, 0.15) is 16.3 Å². The van der Waals surface area contributed by atoms with Crippen LogP contribution in [0.4, 0.5) is 5.82 Å². The molecule has 0 atom stereocenters. The zero-order valence-corrected chi connectivity index (χ0v) is 19.6. The van der Waals surface area contributed by atoms with Crippen molar-refractivity contribution >= 4 is 45.7 Å². The maximum absolute atomic E-state index is 13.1. The molecular formula is C23H25N7O3S. The smallest absolute Gasteiger partial charge is 0.344 e. The number of nitrogens with one attached hydrogen (secondary N) is 2. The van der Waals surface area contributed by atoms with E-state index in [4.69, 9.17) is 9.72 Å². The molecule has 1 aliphatic rings. The second-order valence-electron chi connectivity index (χ2n) is 7.47. The van der Waals surface area contributed by atoms with Gasteiger partial charge in [-0.2, -0.15) is 0 Å². The summed E-state index contributed by atoms with van der Waals surface area (Å²) in [4.78, 5) is 46.8. The number of thiophene rings is 1. The number of nitrogens with zero attached hydrogens (tertiary/aromatic N) is 5. The third kappa shape index (κ3) is 5.26. The Balaban J connectivity index is 1.65. The molecule has 0 spiro atoms. The van der Waals surface area contributed by atoms with Gasteiger partial charge in [-0.25, -0.2) is 19.7 Å². The van der Waals surface area contributed by atoms with E-state index in [0.29, 0.717) is 72.4 Å². The van der Waals surface area contributed by atoms with Crippen LogP contribution in [0.1, 0.15) is 28.7 Å². The van der Waals surface area contributed by atoms with Crippen LogP contribution < -0.4 is 15.9 Å². The topological polar surface area (TPSA) is 125 Å². The second kappa shape index (κ2) is 10.9. The van der Waals surface area contributed by atoms with E-state index in [0.717, 1.165) is 5.56 Å². The van der Waals surface area contributed by atoms with E-state index >= 15 is 0 Å². The summed E-state index contributed by atoms with van der Waals surface area (Å²) in [6, 6.07) is 0. The predicted molar refractivity (Wildman–Crippen MR) is 134 cm³/mol. The monoisotopic (exact) mass is 479 g/mol. The van der Waals surface area contributed by atoms with Crippen LogP contribution in [0.3, 0.4) is 0 Å². The highest BCUT2D eigenvalue weighted by atomic mass is 32.1. The molecule has 0 bridgehead atoms.